The van der Waals surface area contributed by atoms with Gasteiger partial charge in [0.1, 0.15) is 0 Å². The number of aryl methyl sites for hydroxylation is 1. The van der Waals surface area contributed by atoms with E-state index in [-0.39, 0.29) is 11.9 Å². The molecule has 2 atom stereocenters. The molecule has 0 bridgehead atoms. The Morgan fingerprint density at radius 1 is 1.37 bits per heavy atom. The number of benzene rings is 1. The average molecular weight is 280 g/mol. The minimum Gasteiger partial charge on any atom is -0.353 e. The van der Waals surface area contributed by atoms with Crippen LogP contribution >= 0.6 is 11.6 Å². The van der Waals surface area contributed by atoms with Crippen molar-refractivity contribution in [3.63, 3.8) is 0 Å². The number of hydrogen-bond acceptors (Lipinski definition) is 1. The molecular formula is C16H22ClNO. The van der Waals surface area contributed by atoms with Gasteiger partial charge in [0.25, 0.3) is 0 Å². The van der Waals surface area contributed by atoms with Crippen molar-refractivity contribution in [2.24, 2.45) is 5.92 Å². The average Bonchev–Trinajstić information content (AvgIpc) is 2.39. The molecule has 1 N–H and O–H groups in total. The fourth-order valence-corrected chi connectivity index (χ4v) is 3.22. The van der Waals surface area contributed by atoms with E-state index in [2.05, 4.69) is 11.4 Å². The predicted octanol–water partition coefficient (Wildman–Crippen LogP) is 3.45. The summed E-state index contributed by atoms with van der Waals surface area (Å²) in [6, 6.07) is 8.39. The number of carbonyl (C=O) groups excluding carboxylic acids is 1. The van der Waals surface area contributed by atoms with Gasteiger partial charge >= 0.3 is 0 Å². The standard InChI is InChI=1S/C16H22ClNO/c1-12-5-4-6-13(9-12)10-16(19)18-15-8-3-2-7-14(15)11-17/h4-6,9,14-15H,2-3,7-8,10-11H2,1H3,(H,18,19). The Labute approximate surface area is 120 Å². The summed E-state index contributed by atoms with van der Waals surface area (Å²) in [5.41, 5.74) is 2.28. The van der Waals surface area contributed by atoms with Gasteiger partial charge in [-0.2, -0.15) is 0 Å². The summed E-state index contributed by atoms with van der Waals surface area (Å²) in [7, 11) is 0. The Morgan fingerprint density at radius 2 is 2.16 bits per heavy atom. The van der Waals surface area contributed by atoms with Crippen molar-refractivity contribution in [3.05, 3.63) is 35.4 Å². The van der Waals surface area contributed by atoms with Crippen LogP contribution in [-0.2, 0) is 11.2 Å². The van der Waals surface area contributed by atoms with Crippen molar-refractivity contribution in [3.8, 4) is 0 Å². The number of hydrogen-bond donors (Lipinski definition) is 1. The molecule has 19 heavy (non-hydrogen) atoms. The molecule has 0 aromatic heterocycles. The van der Waals surface area contributed by atoms with Crippen LogP contribution in [0.15, 0.2) is 24.3 Å². The van der Waals surface area contributed by atoms with Gasteiger partial charge in [0.15, 0.2) is 0 Å². The summed E-state index contributed by atoms with van der Waals surface area (Å²) in [5, 5.41) is 3.16. The minimum atomic E-state index is 0.118. The number of halogens is 1. The van der Waals surface area contributed by atoms with Crippen LogP contribution in [0.1, 0.15) is 36.8 Å². The molecule has 2 rings (SSSR count). The molecule has 0 heterocycles. The highest BCUT2D eigenvalue weighted by molar-refractivity contribution is 6.18. The Balaban J connectivity index is 1.90. The lowest BCUT2D eigenvalue weighted by Gasteiger charge is -2.30. The summed E-state index contributed by atoms with van der Waals surface area (Å²) < 4.78 is 0. The molecule has 0 spiro atoms. The fraction of sp³-hybridized carbons (Fsp3) is 0.562. The van der Waals surface area contributed by atoms with Gasteiger partial charge in [-0.25, -0.2) is 0 Å². The van der Waals surface area contributed by atoms with E-state index in [1.807, 2.05) is 25.1 Å². The van der Waals surface area contributed by atoms with Crippen LogP contribution in [0.2, 0.25) is 0 Å². The van der Waals surface area contributed by atoms with Crippen molar-refractivity contribution in [1.82, 2.24) is 5.32 Å². The normalized spacial score (nSPS) is 23.1. The van der Waals surface area contributed by atoms with Gasteiger partial charge in [-0.3, -0.25) is 4.79 Å². The number of nitrogens with one attached hydrogen (secondary N) is 1. The molecule has 1 amide bonds. The first-order valence-corrected chi connectivity index (χ1v) is 7.63. The Kier molecular flexibility index (Phi) is 5.26. The van der Waals surface area contributed by atoms with Crippen molar-refractivity contribution < 1.29 is 4.79 Å². The molecule has 1 saturated carbocycles. The van der Waals surface area contributed by atoms with Crippen LogP contribution < -0.4 is 5.32 Å². The lowest BCUT2D eigenvalue weighted by Crippen LogP contribution is -2.43. The van der Waals surface area contributed by atoms with Crippen LogP contribution in [0.25, 0.3) is 0 Å². The molecule has 104 valence electrons. The first-order chi connectivity index (χ1) is 9.19. The lowest BCUT2D eigenvalue weighted by atomic mass is 9.85. The molecule has 2 unspecified atom stereocenters. The van der Waals surface area contributed by atoms with Crippen molar-refractivity contribution in [2.75, 3.05) is 5.88 Å². The zero-order valence-corrected chi connectivity index (χ0v) is 12.2. The number of amides is 1. The van der Waals surface area contributed by atoms with Crippen molar-refractivity contribution in [2.45, 2.75) is 45.1 Å². The summed E-state index contributed by atoms with van der Waals surface area (Å²) in [6.45, 7) is 2.05. The Hall–Kier alpha value is -1.02. The van der Waals surface area contributed by atoms with E-state index in [0.29, 0.717) is 18.2 Å². The first kappa shape index (κ1) is 14.4. The number of carbonyl (C=O) groups is 1. The van der Waals surface area contributed by atoms with Gasteiger partial charge in [0.05, 0.1) is 6.42 Å². The Bertz CT molecular complexity index is 433. The monoisotopic (exact) mass is 279 g/mol. The third-order valence-electron chi connectivity index (χ3n) is 3.90. The smallest absolute Gasteiger partial charge is 0.224 e. The van der Waals surface area contributed by atoms with Crippen LogP contribution in [0, 0.1) is 12.8 Å². The maximum absolute atomic E-state index is 12.1. The largest absolute Gasteiger partial charge is 0.353 e. The molecular weight excluding hydrogens is 258 g/mol. The third kappa shape index (κ3) is 4.24. The summed E-state index contributed by atoms with van der Waals surface area (Å²) in [4.78, 5) is 12.1. The Morgan fingerprint density at radius 3 is 2.89 bits per heavy atom. The molecule has 0 aliphatic heterocycles. The van der Waals surface area contributed by atoms with Crippen LogP contribution in [0.4, 0.5) is 0 Å². The van der Waals surface area contributed by atoms with Crippen LogP contribution in [0.5, 0.6) is 0 Å². The highest BCUT2D eigenvalue weighted by Crippen LogP contribution is 2.25. The highest BCUT2D eigenvalue weighted by Gasteiger charge is 2.25. The quantitative estimate of drug-likeness (QED) is 0.841. The van der Waals surface area contributed by atoms with Gasteiger partial charge in [-0.1, -0.05) is 42.7 Å². The second-order valence-electron chi connectivity index (χ2n) is 5.54. The third-order valence-corrected chi connectivity index (χ3v) is 4.30. The van der Waals surface area contributed by atoms with Gasteiger partial charge in [-0.05, 0) is 31.2 Å². The minimum absolute atomic E-state index is 0.118. The highest BCUT2D eigenvalue weighted by atomic mass is 35.5. The van der Waals surface area contributed by atoms with E-state index in [9.17, 15) is 4.79 Å². The maximum atomic E-state index is 12.1. The number of rotatable bonds is 4. The predicted molar refractivity (Wildman–Crippen MR) is 79.5 cm³/mol. The maximum Gasteiger partial charge on any atom is 0.224 e. The molecule has 1 aliphatic rings. The first-order valence-electron chi connectivity index (χ1n) is 7.10. The van der Waals surface area contributed by atoms with Crippen LogP contribution in [-0.4, -0.2) is 17.8 Å². The van der Waals surface area contributed by atoms with Crippen molar-refractivity contribution >= 4 is 17.5 Å². The van der Waals surface area contributed by atoms with E-state index < -0.39 is 0 Å². The van der Waals surface area contributed by atoms with Gasteiger partial charge in [0.2, 0.25) is 5.91 Å². The SMILES string of the molecule is Cc1cccc(CC(=O)NC2CCCCC2CCl)c1. The molecule has 1 fully saturated rings. The van der Waals surface area contributed by atoms with E-state index in [1.165, 1.54) is 18.4 Å². The second-order valence-corrected chi connectivity index (χ2v) is 5.85. The van der Waals surface area contributed by atoms with Gasteiger partial charge in [-0.15, -0.1) is 11.6 Å². The molecule has 1 aromatic rings. The molecule has 1 aliphatic carbocycles. The molecule has 2 nitrogen and oxygen atoms in total. The summed E-state index contributed by atoms with van der Waals surface area (Å²) in [6.07, 6.45) is 5.10. The van der Waals surface area contributed by atoms with E-state index >= 15 is 0 Å². The van der Waals surface area contributed by atoms with Crippen LogP contribution in [0.3, 0.4) is 0 Å². The molecule has 1 aromatic carbocycles. The second kappa shape index (κ2) is 6.95. The fourth-order valence-electron chi connectivity index (χ4n) is 2.85. The molecule has 3 heteroatoms. The lowest BCUT2D eigenvalue weighted by molar-refractivity contribution is -0.121. The van der Waals surface area contributed by atoms with Gasteiger partial charge < -0.3 is 5.32 Å². The molecule has 0 saturated heterocycles. The number of alkyl halides is 1. The molecule has 0 radical (unpaired) electrons. The van der Waals surface area contributed by atoms with E-state index in [4.69, 9.17) is 11.6 Å². The summed E-state index contributed by atoms with van der Waals surface area (Å²) in [5.74, 6) is 1.21. The van der Waals surface area contributed by atoms with Crippen molar-refractivity contribution in [1.29, 1.82) is 0 Å². The van der Waals surface area contributed by atoms with E-state index in [0.717, 1.165) is 18.4 Å². The van der Waals surface area contributed by atoms with E-state index in [1.54, 1.807) is 0 Å². The van der Waals surface area contributed by atoms with Gasteiger partial charge in [0, 0.05) is 11.9 Å². The topological polar surface area (TPSA) is 29.1 Å². The zero-order chi connectivity index (χ0) is 13.7. The summed E-state index contributed by atoms with van der Waals surface area (Å²) >= 11 is 5.99. The zero-order valence-electron chi connectivity index (χ0n) is 11.5.